The van der Waals surface area contributed by atoms with E-state index in [-0.39, 0.29) is 16.6 Å². The predicted molar refractivity (Wildman–Crippen MR) is 94.0 cm³/mol. The SMILES string of the molecule is C#CC[C@@H]1CC2C(CC[C@]3(C)C(=O)CCC23)[C@@]2(C)CCC(=O)C=C12. The van der Waals surface area contributed by atoms with Crippen LogP contribution in [-0.2, 0) is 9.59 Å². The van der Waals surface area contributed by atoms with E-state index in [0.29, 0.717) is 35.9 Å². The second-order valence-electron chi connectivity index (χ2n) is 9.12. The summed E-state index contributed by atoms with van der Waals surface area (Å²) in [6.07, 6.45) is 15.1. The van der Waals surface area contributed by atoms with Crippen molar-refractivity contribution in [2.24, 2.45) is 34.5 Å². The summed E-state index contributed by atoms with van der Waals surface area (Å²) in [5.41, 5.74) is 1.36. The molecule has 0 bridgehead atoms. The van der Waals surface area contributed by atoms with E-state index in [9.17, 15) is 9.59 Å². The Morgan fingerprint density at radius 1 is 1.12 bits per heavy atom. The van der Waals surface area contributed by atoms with E-state index >= 15 is 0 Å². The van der Waals surface area contributed by atoms with E-state index in [4.69, 9.17) is 6.42 Å². The fourth-order valence-electron chi connectivity index (χ4n) is 6.89. The van der Waals surface area contributed by atoms with E-state index in [1.165, 1.54) is 5.57 Å². The Labute approximate surface area is 145 Å². The van der Waals surface area contributed by atoms with Crippen LogP contribution in [0.1, 0.15) is 65.2 Å². The van der Waals surface area contributed by atoms with E-state index in [2.05, 4.69) is 19.8 Å². The van der Waals surface area contributed by atoms with E-state index < -0.39 is 0 Å². The van der Waals surface area contributed by atoms with E-state index in [1.807, 2.05) is 6.08 Å². The van der Waals surface area contributed by atoms with Gasteiger partial charge in [-0.2, -0.15) is 0 Å². The molecule has 0 aromatic carbocycles. The van der Waals surface area contributed by atoms with Gasteiger partial charge < -0.3 is 0 Å². The number of fused-ring (bicyclic) bond motifs is 5. The molecule has 0 aliphatic heterocycles. The number of rotatable bonds is 1. The summed E-state index contributed by atoms with van der Waals surface area (Å²) < 4.78 is 0. The molecule has 128 valence electrons. The zero-order valence-corrected chi connectivity index (χ0v) is 14.9. The van der Waals surface area contributed by atoms with E-state index in [1.54, 1.807) is 0 Å². The van der Waals surface area contributed by atoms with Gasteiger partial charge in [0.05, 0.1) is 0 Å². The van der Waals surface area contributed by atoms with Crippen molar-refractivity contribution < 1.29 is 9.59 Å². The highest BCUT2D eigenvalue weighted by molar-refractivity contribution is 5.92. The molecular formula is C22H28O2. The summed E-state index contributed by atoms with van der Waals surface area (Å²) in [7, 11) is 0. The normalized spacial score (nSPS) is 47.3. The first kappa shape index (κ1) is 16.1. The number of allylic oxidation sites excluding steroid dienone is 1. The molecule has 6 atom stereocenters. The second kappa shape index (κ2) is 5.32. The first-order valence-corrected chi connectivity index (χ1v) is 9.62. The van der Waals surface area contributed by atoms with Crippen LogP contribution in [0.4, 0.5) is 0 Å². The number of hydrogen-bond donors (Lipinski definition) is 0. The first-order chi connectivity index (χ1) is 11.4. The van der Waals surface area contributed by atoms with Crippen LogP contribution in [0.25, 0.3) is 0 Å². The lowest BCUT2D eigenvalue weighted by atomic mass is 9.45. The summed E-state index contributed by atoms with van der Waals surface area (Å²) >= 11 is 0. The molecule has 0 aromatic rings. The minimum atomic E-state index is -0.0933. The van der Waals surface area contributed by atoms with Gasteiger partial charge in [-0.05, 0) is 67.3 Å². The molecule has 3 saturated carbocycles. The molecule has 4 aliphatic carbocycles. The van der Waals surface area contributed by atoms with Crippen molar-refractivity contribution in [1.82, 2.24) is 0 Å². The Morgan fingerprint density at radius 2 is 1.88 bits per heavy atom. The fourth-order valence-corrected chi connectivity index (χ4v) is 6.89. The van der Waals surface area contributed by atoms with Crippen LogP contribution in [0.15, 0.2) is 11.6 Å². The number of hydrogen-bond acceptors (Lipinski definition) is 2. The molecule has 2 heteroatoms. The third kappa shape index (κ3) is 2.03. The van der Waals surface area contributed by atoms with E-state index in [0.717, 1.165) is 44.9 Å². The Kier molecular flexibility index (Phi) is 3.57. The maximum Gasteiger partial charge on any atom is 0.155 e. The van der Waals surface area contributed by atoms with Gasteiger partial charge in [0.25, 0.3) is 0 Å². The van der Waals surface area contributed by atoms with Crippen molar-refractivity contribution in [3.05, 3.63) is 11.6 Å². The average Bonchev–Trinajstić information content (AvgIpc) is 2.85. The molecular weight excluding hydrogens is 296 g/mol. The summed E-state index contributed by atoms with van der Waals surface area (Å²) in [6, 6.07) is 0. The number of terminal acetylenes is 1. The predicted octanol–water partition coefficient (Wildman–Crippen LogP) is 4.34. The summed E-state index contributed by atoms with van der Waals surface area (Å²) in [4.78, 5) is 24.6. The molecule has 0 heterocycles. The Balaban J connectivity index is 1.76. The zero-order chi connectivity index (χ0) is 17.1. The first-order valence-electron chi connectivity index (χ1n) is 9.62. The molecule has 0 spiro atoms. The van der Waals surface area contributed by atoms with Crippen molar-refractivity contribution in [1.29, 1.82) is 0 Å². The van der Waals surface area contributed by atoms with Crippen LogP contribution in [0.2, 0.25) is 0 Å². The van der Waals surface area contributed by atoms with Crippen molar-refractivity contribution in [2.75, 3.05) is 0 Å². The summed E-state index contributed by atoms with van der Waals surface area (Å²) in [5.74, 6) is 5.71. The molecule has 0 saturated heterocycles. The van der Waals surface area contributed by atoms with Crippen LogP contribution in [0.3, 0.4) is 0 Å². The summed E-state index contributed by atoms with van der Waals surface area (Å²) in [6.45, 7) is 4.60. The highest BCUT2D eigenvalue weighted by Crippen LogP contribution is 2.65. The van der Waals surface area contributed by atoms with Gasteiger partial charge in [-0.3, -0.25) is 9.59 Å². The second-order valence-corrected chi connectivity index (χ2v) is 9.12. The molecule has 0 amide bonds. The maximum atomic E-state index is 12.5. The lowest BCUT2D eigenvalue weighted by Crippen LogP contribution is -2.52. The van der Waals surface area contributed by atoms with Gasteiger partial charge >= 0.3 is 0 Å². The molecule has 4 rings (SSSR count). The largest absolute Gasteiger partial charge is 0.299 e. The highest BCUT2D eigenvalue weighted by Gasteiger charge is 2.60. The molecule has 3 unspecified atom stereocenters. The average molecular weight is 324 g/mol. The number of Topliss-reactive ketones (excluding diaryl/α,β-unsaturated/α-hetero) is 1. The Hall–Kier alpha value is -1.36. The minimum absolute atomic E-state index is 0.0933. The van der Waals surface area contributed by atoms with Crippen molar-refractivity contribution in [2.45, 2.75) is 65.2 Å². The van der Waals surface area contributed by atoms with Gasteiger partial charge in [-0.25, -0.2) is 0 Å². The highest BCUT2D eigenvalue weighted by atomic mass is 16.1. The maximum absolute atomic E-state index is 12.5. The lowest BCUT2D eigenvalue weighted by molar-refractivity contribution is -0.133. The van der Waals surface area contributed by atoms with Gasteiger partial charge in [0.2, 0.25) is 0 Å². The molecule has 3 fully saturated rings. The third-order valence-corrected chi connectivity index (χ3v) is 8.19. The van der Waals surface area contributed by atoms with Crippen LogP contribution >= 0.6 is 0 Å². The van der Waals surface area contributed by atoms with Crippen molar-refractivity contribution in [3.63, 3.8) is 0 Å². The molecule has 24 heavy (non-hydrogen) atoms. The summed E-state index contributed by atoms with van der Waals surface area (Å²) in [5, 5.41) is 0. The lowest BCUT2D eigenvalue weighted by Gasteiger charge is -2.58. The van der Waals surface area contributed by atoms with Gasteiger partial charge in [0, 0.05) is 24.7 Å². The van der Waals surface area contributed by atoms with Gasteiger partial charge in [-0.15, -0.1) is 12.3 Å². The number of ketones is 2. The molecule has 4 aliphatic rings. The Bertz CT molecular complexity index is 666. The van der Waals surface area contributed by atoms with Crippen molar-refractivity contribution in [3.8, 4) is 12.3 Å². The van der Waals surface area contributed by atoms with Crippen LogP contribution in [0, 0.1) is 46.8 Å². The molecule has 0 N–H and O–H groups in total. The number of carbonyl (C=O) groups excluding carboxylic acids is 2. The van der Waals surface area contributed by atoms with Crippen LogP contribution in [-0.4, -0.2) is 11.6 Å². The quantitative estimate of drug-likeness (QED) is 0.673. The van der Waals surface area contributed by atoms with Gasteiger partial charge in [-0.1, -0.05) is 19.4 Å². The third-order valence-electron chi connectivity index (χ3n) is 8.19. The van der Waals surface area contributed by atoms with Gasteiger partial charge in [0.1, 0.15) is 5.78 Å². The molecule has 0 aromatic heterocycles. The Morgan fingerprint density at radius 3 is 2.62 bits per heavy atom. The molecule has 2 nitrogen and oxygen atoms in total. The minimum Gasteiger partial charge on any atom is -0.299 e. The molecule has 0 radical (unpaired) electrons. The fraction of sp³-hybridized carbons (Fsp3) is 0.727. The standard InChI is InChI=1S/C22H28O2/c1-4-5-14-12-16-17-6-7-20(24)22(17,3)11-9-18(16)21(2)10-8-15(23)13-19(14)21/h1,13-14,16-18H,5-12H2,2-3H3/t14-,16?,17?,18?,21-,22+/m1/s1. The van der Waals surface area contributed by atoms with Crippen molar-refractivity contribution >= 4 is 11.6 Å². The van der Waals surface area contributed by atoms with Crippen LogP contribution in [0.5, 0.6) is 0 Å². The van der Waals surface area contributed by atoms with Gasteiger partial charge in [0.15, 0.2) is 5.78 Å². The topological polar surface area (TPSA) is 34.1 Å². The van der Waals surface area contributed by atoms with Crippen LogP contribution < -0.4 is 0 Å². The number of carbonyl (C=O) groups is 2. The zero-order valence-electron chi connectivity index (χ0n) is 14.9. The monoisotopic (exact) mass is 324 g/mol. The smallest absolute Gasteiger partial charge is 0.155 e.